The van der Waals surface area contributed by atoms with Gasteiger partial charge in [-0.3, -0.25) is 0 Å². The summed E-state index contributed by atoms with van der Waals surface area (Å²) in [6.07, 6.45) is 8.95. The molecule has 1 aromatic carbocycles. The topological polar surface area (TPSA) is 75.6 Å². The van der Waals surface area contributed by atoms with E-state index in [9.17, 15) is 0 Å². The molecular weight excluding hydrogens is 312 g/mol. The quantitative estimate of drug-likeness (QED) is 0.765. The van der Waals surface area contributed by atoms with E-state index in [4.69, 9.17) is 0 Å². The first-order chi connectivity index (χ1) is 12.3. The van der Waals surface area contributed by atoms with Crippen LogP contribution >= 0.6 is 0 Å². The van der Waals surface area contributed by atoms with Crippen molar-refractivity contribution in [3.63, 3.8) is 0 Å². The standard InChI is InChI=1S/C19H20N6/c1-2-4-13-9-15(6-5-12(13)3-1)23-18-17-16(21-11-22-18)10-20-19(25-17)24-14-7-8-14/h1-4,10-11,14-15H,5-9H2,(H,20,24,25)(H,21,22,23). The summed E-state index contributed by atoms with van der Waals surface area (Å²) in [5.74, 6) is 1.47. The third kappa shape index (κ3) is 2.99. The van der Waals surface area contributed by atoms with Gasteiger partial charge in [-0.2, -0.15) is 0 Å². The summed E-state index contributed by atoms with van der Waals surface area (Å²) in [7, 11) is 0. The first-order valence-corrected chi connectivity index (χ1v) is 8.93. The number of aryl methyl sites for hydroxylation is 1. The lowest BCUT2D eigenvalue weighted by Crippen LogP contribution is -2.28. The molecule has 2 N–H and O–H groups in total. The number of nitrogens with zero attached hydrogens (tertiary/aromatic N) is 4. The summed E-state index contributed by atoms with van der Waals surface area (Å²) >= 11 is 0. The number of hydrogen-bond acceptors (Lipinski definition) is 6. The summed E-state index contributed by atoms with van der Waals surface area (Å²) in [6.45, 7) is 0. The zero-order chi connectivity index (χ0) is 16.6. The highest BCUT2D eigenvalue weighted by Gasteiger charge is 2.23. The predicted octanol–water partition coefficient (Wildman–Crippen LogP) is 2.96. The summed E-state index contributed by atoms with van der Waals surface area (Å²) in [6, 6.07) is 9.58. The maximum atomic E-state index is 4.66. The molecule has 3 aromatic rings. The number of aromatic nitrogens is 4. The molecule has 6 heteroatoms. The van der Waals surface area contributed by atoms with Crippen LogP contribution in [0.5, 0.6) is 0 Å². The molecule has 2 aliphatic carbocycles. The van der Waals surface area contributed by atoms with Crippen LogP contribution in [-0.2, 0) is 12.8 Å². The lowest BCUT2D eigenvalue weighted by atomic mass is 9.88. The van der Waals surface area contributed by atoms with E-state index in [0.717, 1.165) is 36.1 Å². The number of fused-ring (bicyclic) bond motifs is 2. The second-order valence-electron chi connectivity index (χ2n) is 6.92. The largest absolute Gasteiger partial charge is 0.365 e. The average molecular weight is 332 g/mol. The fourth-order valence-electron chi connectivity index (χ4n) is 3.45. The molecule has 2 aromatic heterocycles. The monoisotopic (exact) mass is 332 g/mol. The Morgan fingerprint density at radius 1 is 0.880 bits per heavy atom. The second-order valence-corrected chi connectivity index (χ2v) is 6.92. The molecule has 2 heterocycles. The number of nitrogens with one attached hydrogen (secondary N) is 2. The molecule has 25 heavy (non-hydrogen) atoms. The van der Waals surface area contributed by atoms with Crippen LogP contribution in [0.1, 0.15) is 30.4 Å². The third-order valence-electron chi connectivity index (χ3n) is 4.98. The van der Waals surface area contributed by atoms with Crippen molar-refractivity contribution in [2.24, 2.45) is 0 Å². The Morgan fingerprint density at radius 3 is 2.64 bits per heavy atom. The van der Waals surface area contributed by atoms with Gasteiger partial charge in [0, 0.05) is 12.1 Å². The van der Waals surface area contributed by atoms with Crippen LogP contribution in [0.15, 0.2) is 36.8 Å². The molecule has 0 amide bonds. The maximum absolute atomic E-state index is 4.66. The van der Waals surface area contributed by atoms with Crippen molar-refractivity contribution in [3.05, 3.63) is 47.9 Å². The Hall–Kier alpha value is -2.76. The van der Waals surface area contributed by atoms with Crippen LogP contribution in [-0.4, -0.2) is 32.0 Å². The van der Waals surface area contributed by atoms with Crippen molar-refractivity contribution < 1.29 is 0 Å². The van der Waals surface area contributed by atoms with E-state index < -0.39 is 0 Å². The average Bonchev–Trinajstić information content (AvgIpc) is 3.46. The molecule has 0 bridgehead atoms. The minimum atomic E-state index is 0.364. The molecule has 1 unspecified atom stereocenters. The van der Waals surface area contributed by atoms with E-state index in [0.29, 0.717) is 18.0 Å². The first kappa shape index (κ1) is 14.6. The van der Waals surface area contributed by atoms with E-state index in [1.165, 1.54) is 24.0 Å². The number of rotatable bonds is 4. The minimum absolute atomic E-state index is 0.364. The molecule has 2 aliphatic rings. The summed E-state index contributed by atoms with van der Waals surface area (Å²) in [4.78, 5) is 17.8. The van der Waals surface area contributed by atoms with Crippen LogP contribution < -0.4 is 10.6 Å². The minimum Gasteiger partial charge on any atom is -0.365 e. The van der Waals surface area contributed by atoms with E-state index >= 15 is 0 Å². The highest BCUT2D eigenvalue weighted by Crippen LogP contribution is 2.27. The Labute approximate surface area is 146 Å². The molecule has 1 saturated carbocycles. The van der Waals surface area contributed by atoms with Crippen molar-refractivity contribution in [2.45, 2.75) is 44.2 Å². The molecule has 1 fully saturated rings. The Balaban J connectivity index is 1.42. The Morgan fingerprint density at radius 2 is 1.76 bits per heavy atom. The maximum Gasteiger partial charge on any atom is 0.223 e. The molecule has 0 spiro atoms. The number of hydrogen-bond donors (Lipinski definition) is 2. The molecule has 1 atom stereocenters. The molecule has 0 radical (unpaired) electrons. The van der Waals surface area contributed by atoms with E-state index in [1.54, 1.807) is 12.5 Å². The SMILES string of the molecule is c1ccc2c(c1)CCC(Nc1ncnc3cnc(NC4CC4)nc13)C2. The fourth-order valence-corrected chi connectivity index (χ4v) is 3.45. The fraction of sp³-hybridized carbons (Fsp3) is 0.368. The zero-order valence-corrected chi connectivity index (χ0v) is 13.9. The van der Waals surface area contributed by atoms with Crippen molar-refractivity contribution in [1.82, 2.24) is 19.9 Å². The van der Waals surface area contributed by atoms with E-state index in [1.807, 2.05) is 0 Å². The number of benzene rings is 1. The lowest BCUT2D eigenvalue weighted by Gasteiger charge is -2.26. The number of anilines is 2. The molecule has 0 saturated heterocycles. The lowest BCUT2D eigenvalue weighted by molar-refractivity contribution is 0.609. The summed E-state index contributed by atoms with van der Waals surface area (Å²) in [5.41, 5.74) is 4.45. The van der Waals surface area contributed by atoms with Gasteiger partial charge in [0.05, 0.1) is 6.20 Å². The van der Waals surface area contributed by atoms with Crippen molar-refractivity contribution >= 4 is 22.8 Å². The van der Waals surface area contributed by atoms with Crippen LogP contribution in [0.2, 0.25) is 0 Å². The van der Waals surface area contributed by atoms with Gasteiger partial charge in [-0.15, -0.1) is 0 Å². The van der Waals surface area contributed by atoms with Gasteiger partial charge in [0.2, 0.25) is 5.95 Å². The molecule has 0 aliphatic heterocycles. The Kier molecular flexibility index (Phi) is 3.47. The second kappa shape index (κ2) is 5.95. The van der Waals surface area contributed by atoms with Gasteiger partial charge in [0.15, 0.2) is 5.82 Å². The van der Waals surface area contributed by atoms with Crippen molar-refractivity contribution in [2.75, 3.05) is 10.6 Å². The van der Waals surface area contributed by atoms with Gasteiger partial charge < -0.3 is 10.6 Å². The van der Waals surface area contributed by atoms with Crippen LogP contribution in [0.25, 0.3) is 11.0 Å². The van der Waals surface area contributed by atoms with E-state index in [-0.39, 0.29) is 0 Å². The molecule has 5 rings (SSSR count). The third-order valence-corrected chi connectivity index (χ3v) is 4.98. The van der Waals surface area contributed by atoms with Gasteiger partial charge in [-0.25, -0.2) is 19.9 Å². The normalized spacial score (nSPS) is 19.4. The smallest absolute Gasteiger partial charge is 0.223 e. The van der Waals surface area contributed by atoms with Gasteiger partial charge in [0.25, 0.3) is 0 Å². The van der Waals surface area contributed by atoms with Crippen molar-refractivity contribution in [3.8, 4) is 0 Å². The van der Waals surface area contributed by atoms with Crippen molar-refractivity contribution in [1.29, 1.82) is 0 Å². The van der Waals surface area contributed by atoms with Gasteiger partial charge in [-0.1, -0.05) is 24.3 Å². The van der Waals surface area contributed by atoms with Gasteiger partial charge >= 0.3 is 0 Å². The highest BCUT2D eigenvalue weighted by atomic mass is 15.2. The van der Waals surface area contributed by atoms with E-state index in [2.05, 4.69) is 54.8 Å². The molecule has 126 valence electrons. The van der Waals surface area contributed by atoms with Crippen LogP contribution in [0.4, 0.5) is 11.8 Å². The summed E-state index contributed by atoms with van der Waals surface area (Å²) in [5, 5.41) is 6.94. The van der Waals surface area contributed by atoms with Crippen LogP contribution in [0.3, 0.4) is 0 Å². The zero-order valence-electron chi connectivity index (χ0n) is 13.9. The predicted molar refractivity (Wildman–Crippen MR) is 97.7 cm³/mol. The first-order valence-electron chi connectivity index (χ1n) is 8.93. The highest BCUT2D eigenvalue weighted by molar-refractivity contribution is 5.85. The molecular formula is C19H20N6. The summed E-state index contributed by atoms with van der Waals surface area (Å²) < 4.78 is 0. The Bertz CT molecular complexity index is 921. The molecule has 6 nitrogen and oxygen atoms in total. The van der Waals surface area contributed by atoms with Gasteiger partial charge in [-0.05, 0) is 43.2 Å². The van der Waals surface area contributed by atoms with Gasteiger partial charge in [0.1, 0.15) is 17.4 Å². The van der Waals surface area contributed by atoms with Crippen LogP contribution in [0, 0.1) is 0 Å².